The van der Waals surface area contributed by atoms with Crippen molar-refractivity contribution in [1.82, 2.24) is 5.32 Å². The fourth-order valence-corrected chi connectivity index (χ4v) is 1.92. The maximum Gasteiger partial charge on any atom is 0.0949 e. The van der Waals surface area contributed by atoms with E-state index in [-0.39, 0.29) is 11.6 Å². The minimum Gasteiger partial charge on any atom is -0.372 e. The third-order valence-electron chi connectivity index (χ3n) is 3.07. The molecule has 1 aromatic carbocycles. The van der Waals surface area contributed by atoms with Crippen LogP contribution in [0.2, 0.25) is 5.02 Å². The molecule has 0 amide bonds. The minimum atomic E-state index is 0.0743. The highest BCUT2D eigenvalue weighted by molar-refractivity contribution is 6.30. The summed E-state index contributed by atoms with van der Waals surface area (Å²) in [5.41, 5.74) is 1.27. The van der Waals surface area contributed by atoms with Crippen LogP contribution in [-0.4, -0.2) is 18.7 Å². The molecule has 3 heteroatoms. The summed E-state index contributed by atoms with van der Waals surface area (Å²) in [7, 11) is 0. The van der Waals surface area contributed by atoms with Gasteiger partial charge in [-0.25, -0.2) is 0 Å². The van der Waals surface area contributed by atoms with Crippen LogP contribution in [0.1, 0.15) is 52.7 Å². The molecule has 0 aliphatic rings. The lowest BCUT2D eigenvalue weighted by molar-refractivity contribution is 0.0418. The Labute approximate surface area is 128 Å². The van der Waals surface area contributed by atoms with Crippen molar-refractivity contribution in [3.63, 3.8) is 0 Å². The van der Waals surface area contributed by atoms with E-state index in [9.17, 15) is 0 Å². The van der Waals surface area contributed by atoms with Gasteiger partial charge in [0.2, 0.25) is 0 Å². The van der Waals surface area contributed by atoms with Crippen molar-refractivity contribution >= 4 is 11.6 Å². The van der Waals surface area contributed by atoms with Crippen LogP contribution in [0.15, 0.2) is 24.3 Å². The third-order valence-corrected chi connectivity index (χ3v) is 3.33. The normalized spacial score (nSPS) is 13.8. The number of rotatable bonds is 7. The molecule has 1 atom stereocenters. The molecule has 0 saturated carbocycles. The van der Waals surface area contributed by atoms with Crippen LogP contribution in [0.5, 0.6) is 0 Å². The second-order valence-corrected chi connectivity index (χ2v) is 7.16. The molecule has 0 saturated heterocycles. The van der Waals surface area contributed by atoms with Crippen molar-refractivity contribution in [2.75, 3.05) is 13.2 Å². The van der Waals surface area contributed by atoms with E-state index in [0.717, 1.165) is 24.6 Å². The van der Waals surface area contributed by atoms with E-state index in [4.69, 9.17) is 16.3 Å². The van der Waals surface area contributed by atoms with Gasteiger partial charge in [-0.05, 0) is 50.8 Å². The maximum absolute atomic E-state index is 6.07. The molecule has 0 aliphatic carbocycles. The van der Waals surface area contributed by atoms with Crippen molar-refractivity contribution in [1.29, 1.82) is 0 Å². The van der Waals surface area contributed by atoms with E-state index in [1.807, 2.05) is 24.3 Å². The third kappa shape index (κ3) is 7.28. The first-order chi connectivity index (χ1) is 9.28. The Hall–Kier alpha value is -0.570. The van der Waals surface area contributed by atoms with Crippen LogP contribution in [0.3, 0.4) is 0 Å². The zero-order valence-electron chi connectivity index (χ0n) is 13.4. The fraction of sp³-hybridized carbons (Fsp3) is 0.647. The van der Waals surface area contributed by atoms with Crippen molar-refractivity contribution in [3.8, 4) is 0 Å². The Morgan fingerprint density at radius 3 is 2.25 bits per heavy atom. The van der Waals surface area contributed by atoms with Crippen LogP contribution in [0.25, 0.3) is 0 Å². The first-order valence-electron chi connectivity index (χ1n) is 7.40. The van der Waals surface area contributed by atoms with Gasteiger partial charge in [0.25, 0.3) is 0 Å². The summed E-state index contributed by atoms with van der Waals surface area (Å²) in [5.74, 6) is 0.663. The fourth-order valence-electron chi connectivity index (χ4n) is 1.80. The molecule has 1 rings (SSSR count). The zero-order valence-corrected chi connectivity index (χ0v) is 14.1. The number of ether oxygens (including phenoxy) is 1. The summed E-state index contributed by atoms with van der Waals surface area (Å²) >= 11 is 5.96. The molecular weight excluding hydrogens is 270 g/mol. The van der Waals surface area contributed by atoms with Gasteiger partial charge in [-0.1, -0.05) is 37.6 Å². The molecule has 2 nitrogen and oxygen atoms in total. The van der Waals surface area contributed by atoms with Gasteiger partial charge in [0, 0.05) is 23.7 Å². The summed E-state index contributed by atoms with van der Waals surface area (Å²) in [6.45, 7) is 12.5. The van der Waals surface area contributed by atoms with Gasteiger partial charge in [0.1, 0.15) is 0 Å². The molecule has 1 aromatic rings. The van der Waals surface area contributed by atoms with Gasteiger partial charge in [0.05, 0.1) is 6.10 Å². The highest BCUT2D eigenvalue weighted by Crippen LogP contribution is 2.21. The quantitative estimate of drug-likeness (QED) is 0.778. The summed E-state index contributed by atoms with van der Waals surface area (Å²) < 4.78 is 6.07. The molecule has 0 aliphatic heterocycles. The van der Waals surface area contributed by atoms with Gasteiger partial charge < -0.3 is 10.1 Å². The molecule has 20 heavy (non-hydrogen) atoms. The first kappa shape index (κ1) is 17.5. The second kappa shape index (κ2) is 8.02. The van der Waals surface area contributed by atoms with Gasteiger partial charge in [-0.3, -0.25) is 0 Å². The van der Waals surface area contributed by atoms with Crippen LogP contribution in [0.4, 0.5) is 0 Å². The van der Waals surface area contributed by atoms with E-state index in [1.54, 1.807) is 0 Å². The van der Waals surface area contributed by atoms with Crippen LogP contribution in [-0.2, 0) is 4.74 Å². The first-order valence-corrected chi connectivity index (χ1v) is 7.78. The lowest BCUT2D eigenvalue weighted by atomic mass is 10.1. The van der Waals surface area contributed by atoms with E-state index in [1.165, 1.54) is 5.56 Å². The van der Waals surface area contributed by atoms with Crippen molar-refractivity contribution in [2.45, 2.75) is 52.7 Å². The Balaban J connectivity index is 2.65. The molecular formula is C17H28ClNO. The molecule has 0 radical (unpaired) electrons. The summed E-state index contributed by atoms with van der Waals surface area (Å²) in [5, 5.41) is 4.28. The van der Waals surface area contributed by atoms with E-state index < -0.39 is 0 Å². The van der Waals surface area contributed by atoms with Gasteiger partial charge in [-0.2, -0.15) is 0 Å². The molecule has 1 unspecified atom stereocenters. The van der Waals surface area contributed by atoms with Gasteiger partial charge in [0.15, 0.2) is 0 Å². The second-order valence-electron chi connectivity index (χ2n) is 6.72. The Morgan fingerprint density at radius 1 is 1.15 bits per heavy atom. The number of hydrogen-bond donors (Lipinski definition) is 1. The SMILES string of the molecule is CC(C)CCOC(CNC(C)(C)C)c1ccc(Cl)cc1. The van der Waals surface area contributed by atoms with Crippen molar-refractivity contribution in [2.24, 2.45) is 5.92 Å². The predicted molar refractivity (Wildman–Crippen MR) is 87.4 cm³/mol. The lowest BCUT2D eigenvalue weighted by Crippen LogP contribution is -2.39. The maximum atomic E-state index is 6.07. The molecule has 114 valence electrons. The molecule has 0 aromatic heterocycles. The smallest absolute Gasteiger partial charge is 0.0949 e. The molecule has 1 N–H and O–H groups in total. The highest BCUT2D eigenvalue weighted by Gasteiger charge is 2.16. The van der Waals surface area contributed by atoms with Crippen LogP contribution >= 0.6 is 11.6 Å². The zero-order chi connectivity index (χ0) is 15.2. The summed E-state index contributed by atoms with van der Waals surface area (Å²) in [6.07, 6.45) is 1.16. The molecule has 0 fully saturated rings. The largest absolute Gasteiger partial charge is 0.372 e. The standard InChI is InChI=1S/C17H28ClNO/c1-13(2)10-11-20-16(12-19-17(3,4)5)14-6-8-15(18)9-7-14/h6-9,13,16,19H,10-12H2,1-5H3. The minimum absolute atomic E-state index is 0.0743. The van der Waals surface area contributed by atoms with Gasteiger partial charge in [-0.15, -0.1) is 0 Å². The number of hydrogen-bond acceptors (Lipinski definition) is 2. The Kier molecular flexibility index (Phi) is 7.01. The highest BCUT2D eigenvalue weighted by atomic mass is 35.5. The number of halogens is 1. The van der Waals surface area contributed by atoms with E-state index in [0.29, 0.717) is 5.92 Å². The summed E-state index contributed by atoms with van der Waals surface area (Å²) in [4.78, 5) is 0. The molecule has 0 heterocycles. The van der Waals surface area contributed by atoms with E-state index >= 15 is 0 Å². The van der Waals surface area contributed by atoms with E-state index in [2.05, 4.69) is 39.9 Å². The van der Waals surface area contributed by atoms with Gasteiger partial charge >= 0.3 is 0 Å². The average Bonchev–Trinajstić information content (AvgIpc) is 2.33. The van der Waals surface area contributed by atoms with Crippen molar-refractivity contribution in [3.05, 3.63) is 34.9 Å². The Morgan fingerprint density at radius 2 is 1.75 bits per heavy atom. The van der Waals surface area contributed by atoms with Crippen LogP contribution in [0, 0.1) is 5.92 Å². The topological polar surface area (TPSA) is 21.3 Å². The van der Waals surface area contributed by atoms with Crippen LogP contribution < -0.4 is 5.32 Å². The predicted octanol–water partition coefficient (Wildman–Crippen LogP) is 4.83. The monoisotopic (exact) mass is 297 g/mol. The summed E-state index contributed by atoms with van der Waals surface area (Å²) in [6, 6.07) is 7.94. The Bertz CT molecular complexity index is 381. The lowest BCUT2D eigenvalue weighted by Gasteiger charge is -2.26. The molecule has 0 bridgehead atoms. The number of benzene rings is 1. The van der Waals surface area contributed by atoms with Crippen molar-refractivity contribution < 1.29 is 4.74 Å². The number of nitrogens with one attached hydrogen (secondary N) is 1. The average molecular weight is 298 g/mol. The molecule has 0 spiro atoms.